The second-order valence-corrected chi connectivity index (χ2v) is 9.01. The number of hydrogen-bond donors (Lipinski definition) is 1. The van der Waals surface area contributed by atoms with Gasteiger partial charge in [-0.2, -0.15) is 0 Å². The average Bonchev–Trinajstić information content (AvgIpc) is 2.84. The van der Waals surface area contributed by atoms with E-state index in [2.05, 4.69) is 35.5 Å². The van der Waals surface area contributed by atoms with Crippen molar-refractivity contribution in [3.8, 4) is 0 Å². The summed E-state index contributed by atoms with van der Waals surface area (Å²) in [5.74, 6) is 0.146. The lowest BCUT2D eigenvalue weighted by Crippen LogP contribution is -2.55. The molecule has 0 radical (unpaired) electrons. The molecule has 32 heavy (non-hydrogen) atoms. The molecule has 2 amide bonds. The predicted octanol–water partition coefficient (Wildman–Crippen LogP) is 2.90. The van der Waals surface area contributed by atoms with E-state index in [4.69, 9.17) is 4.74 Å². The van der Waals surface area contributed by atoms with Crippen LogP contribution in [-0.2, 0) is 16.0 Å². The molecule has 0 saturated carbocycles. The summed E-state index contributed by atoms with van der Waals surface area (Å²) in [4.78, 5) is 30.4. The second-order valence-electron chi connectivity index (χ2n) is 9.01. The van der Waals surface area contributed by atoms with Gasteiger partial charge in [-0.1, -0.05) is 42.5 Å². The highest BCUT2D eigenvalue weighted by Crippen LogP contribution is 2.38. The van der Waals surface area contributed by atoms with E-state index in [1.54, 1.807) is 7.05 Å². The van der Waals surface area contributed by atoms with E-state index in [0.717, 1.165) is 37.9 Å². The molecule has 1 N–H and O–H groups in total. The van der Waals surface area contributed by atoms with Crippen LogP contribution in [0.15, 0.2) is 54.6 Å². The largest absolute Gasteiger partial charge is 0.381 e. The van der Waals surface area contributed by atoms with E-state index in [1.165, 1.54) is 5.56 Å². The Morgan fingerprint density at radius 3 is 2.53 bits per heavy atom. The first kappa shape index (κ1) is 22.5. The summed E-state index contributed by atoms with van der Waals surface area (Å²) in [5.41, 5.74) is 2.50. The molecule has 1 unspecified atom stereocenters. The molecule has 2 heterocycles. The van der Waals surface area contributed by atoms with Crippen LogP contribution in [0.4, 0.5) is 0 Å². The minimum absolute atomic E-state index is 0.0610. The number of carbonyl (C=O) groups excluding carboxylic acids is 2. The molecule has 6 heteroatoms. The molecule has 0 bridgehead atoms. The first-order chi connectivity index (χ1) is 15.5. The van der Waals surface area contributed by atoms with Gasteiger partial charge in [-0.15, -0.1) is 0 Å². The summed E-state index contributed by atoms with van der Waals surface area (Å²) >= 11 is 0. The summed E-state index contributed by atoms with van der Waals surface area (Å²) in [5, 5.41) is 2.69. The fourth-order valence-electron chi connectivity index (χ4n) is 5.00. The van der Waals surface area contributed by atoms with E-state index in [9.17, 15) is 9.59 Å². The van der Waals surface area contributed by atoms with Gasteiger partial charge in [0, 0.05) is 45.5 Å². The fraction of sp³-hybridized carbons (Fsp3) is 0.462. The highest BCUT2D eigenvalue weighted by molar-refractivity contribution is 5.94. The molecule has 2 aromatic carbocycles. The number of benzene rings is 2. The summed E-state index contributed by atoms with van der Waals surface area (Å²) < 4.78 is 5.64. The third-order valence-corrected chi connectivity index (χ3v) is 6.98. The van der Waals surface area contributed by atoms with Gasteiger partial charge in [-0.3, -0.25) is 14.5 Å². The summed E-state index contributed by atoms with van der Waals surface area (Å²) in [7, 11) is 3.73. The molecule has 2 saturated heterocycles. The zero-order chi connectivity index (χ0) is 22.6. The van der Waals surface area contributed by atoms with Crippen molar-refractivity contribution in [1.82, 2.24) is 15.1 Å². The molecule has 170 valence electrons. The van der Waals surface area contributed by atoms with E-state index >= 15 is 0 Å². The van der Waals surface area contributed by atoms with Crippen LogP contribution >= 0.6 is 0 Å². The highest BCUT2D eigenvalue weighted by Gasteiger charge is 2.44. The van der Waals surface area contributed by atoms with Crippen LogP contribution in [-0.4, -0.2) is 68.6 Å². The minimum atomic E-state index is -0.413. The van der Waals surface area contributed by atoms with Gasteiger partial charge in [0.15, 0.2) is 0 Å². The number of nitrogens with zero attached hydrogens (tertiary/aromatic N) is 2. The Labute approximate surface area is 190 Å². The SMILES string of the molecule is CNC(=O)c1cccc(C2CN(C(=O)C3(Cc4ccccc4)CCOCC3)CCN2C)c1. The van der Waals surface area contributed by atoms with Crippen LogP contribution in [0.3, 0.4) is 0 Å². The second kappa shape index (κ2) is 9.84. The van der Waals surface area contributed by atoms with Crippen LogP contribution in [0.2, 0.25) is 0 Å². The molecule has 0 aliphatic carbocycles. The summed E-state index contributed by atoms with van der Waals surface area (Å²) in [6.07, 6.45) is 2.26. The van der Waals surface area contributed by atoms with E-state index in [1.807, 2.05) is 41.3 Å². The predicted molar refractivity (Wildman–Crippen MR) is 124 cm³/mol. The maximum absolute atomic E-state index is 14.0. The molecule has 2 aliphatic rings. The number of nitrogens with one attached hydrogen (secondary N) is 1. The van der Waals surface area contributed by atoms with Gasteiger partial charge in [0.05, 0.1) is 11.5 Å². The molecule has 1 atom stereocenters. The van der Waals surface area contributed by atoms with E-state index in [-0.39, 0.29) is 17.9 Å². The maximum Gasteiger partial charge on any atom is 0.251 e. The van der Waals surface area contributed by atoms with Gasteiger partial charge in [-0.05, 0) is 49.6 Å². The van der Waals surface area contributed by atoms with Crippen LogP contribution in [0.25, 0.3) is 0 Å². The van der Waals surface area contributed by atoms with Crippen molar-refractivity contribution < 1.29 is 14.3 Å². The fourth-order valence-corrected chi connectivity index (χ4v) is 5.00. The number of ether oxygens (including phenoxy) is 1. The smallest absolute Gasteiger partial charge is 0.251 e. The van der Waals surface area contributed by atoms with Crippen molar-refractivity contribution in [2.45, 2.75) is 25.3 Å². The maximum atomic E-state index is 14.0. The first-order valence-corrected chi connectivity index (χ1v) is 11.5. The minimum Gasteiger partial charge on any atom is -0.381 e. The third-order valence-electron chi connectivity index (χ3n) is 6.98. The third kappa shape index (κ3) is 4.71. The highest BCUT2D eigenvalue weighted by atomic mass is 16.5. The van der Waals surface area contributed by atoms with Crippen LogP contribution in [0.1, 0.15) is 40.4 Å². The average molecular weight is 436 g/mol. The summed E-state index contributed by atoms with van der Waals surface area (Å²) in [6.45, 7) is 3.41. The number of likely N-dealkylation sites (N-methyl/N-ethyl adjacent to an activating group) is 1. The molecule has 2 aromatic rings. The molecule has 2 aliphatic heterocycles. The Bertz CT molecular complexity index is 940. The van der Waals surface area contributed by atoms with E-state index < -0.39 is 5.41 Å². The molecule has 2 fully saturated rings. The number of carbonyl (C=O) groups is 2. The van der Waals surface area contributed by atoms with Crippen molar-refractivity contribution in [3.63, 3.8) is 0 Å². The number of hydrogen-bond acceptors (Lipinski definition) is 4. The Balaban J connectivity index is 1.57. The van der Waals surface area contributed by atoms with Crippen LogP contribution in [0, 0.1) is 5.41 Å². The van der Waals surface area contributed by atoms with Crippen molar-refractivity contribution in [2.24, 2.45) is 5.41 Å². The van der Waals surface area contributed by atoms with Crippen molar-refractivity contribution in [3.05, 3.63) is 71.3 Å². The lowest BCUT2D eigenvalue weighted by Gasteiger charge is -2.45. The molecule has 0 spiro atoms. The van der Waals surface area contributed by atoms with E-state index in [0.29, 0.717) is 25.3 Å². The Morgan fingerprint density at radius 1 is 1.06 bits per heavy atom. The normalized spacial score (nSPS) is 21.2. The molecular formula is C26H33N3O3. The van der Waals surface area contributed by atoms with Gasteiger partial charge in [0.1, 0.15) is 0 Å². The molecule has 6 nitrogen and oxygen atoms in total. The van der Waals surface area contributed by atoms with Crippen molar-refractivity contribution in [1.29, 1.82) is 0 Å². The molecule has 0 aromatic heterocycles. The Hall–Kier alpha value is -2.70. The first-order valence-electron chi connectivity index (χ1n) is 11.5. The lowest BCUT2D eigenvalue weighted by atomic mass is 9.73. The number of amides is 2. The van der Waals surface area contributed by atoms with Gasteiger partial charge in [-0.25, -0.2) is 0 Å². The van der Waals surface area contributed by atoms with Gasteiger partial charge in [0.25, 0.3) is 5.91 Å². The zero-order valence-corrected chi connectivity index (χ0v) is 19.0. The topological polar surface area (TPSA) is 61.9 Å². The van der Waals surface area contributed by atoms with Gasteiger partial charge >= 0.3 is 0 Å². The van der Waals surface area contributed by atoms with Gasteiger partial charge < -0.3 is 15.0 Å². The van der Waals surface area contributed by atoms with Crippen molar-refractivity contribution >= 4 is 11.8 Å². The zero-order valence-electron chi connectivity index (χ0n) is 19.0. The molecule has 4 rings (SSSR count). The monoisotopic (exact) mass is 435 g/mol. The molecular weight excluding hydrogens is 402 g/mol. The van der Waals surface area contributed by atoms with Gasteiger partial charge in [0.2, 0.25) is 5.91 Å². The van der Waals surface area contributed by atoms with Crippen LogP contribution < -0.4 is 5.32 Å². The lowest BCUT2D eigenvalue weighted by molar-refractivity contribution is -0.151. The Kier molecular flexibility index (Phi) is 6.92. The van der Waals surface area contributed by atoms with Crippen molar-refractivity contribution in [2.75, 3.05) is 46.9 Å². The number of piperazine rings is 1. The Morgan fingerprint density at radius 2 is 1.81 bits per heavy atom. The standard InChI is InChI=1S/C26H33N3O3/c1-27-24(30)22-10-6-9-21(17-22)23-19-29(14-13-28(23)2)25(31)26(11-15-32-16-12-26)18-20-7-4-3-5-8-20/h3-10,17,23H,11-16,18-19H2,1-2H3,(H,27,30). The summed E-state index contributed by atoms with van der Waals surface area (Å²) in [6, 6.07) is 18.1. The quantitative estimate of drug-likeness (QED) is 0.785. The van der Waals surface area contributed by atoms with Crippen LogP contribution in [0.5, 0.6) is 0 Å². The number of rotatable bonds is 5.